The zero-order valence-corrected chi connectivity index (χ0v) is 13.8. The number of ether oxygens (including phenoxy) is 1. The van der Waals surface area contributed by atoms with Gasteiger partial charge in [0, 0.05) is 26.1 Å². The molecule has 0 radical (unpaired) electrons. The third-order valence-electron chi connectivity index (χ3n) is 5.10. The largest absolute Gasteiger partial charge is 0.494 e. The quantitative estimate of drug-likeness (QED) is 0.820. The molecule has 1 aromatic carbocycles. The predicted molar refractivity (Wildman–Crippen MR) is 89.6 cm³/mol. The van der Waals surface area contributed by atoms with Crippen molar-refractivity contribution in [1.29, 1.82) is 0 Å². The lowest BCUT2D eigenvalue weighted by molar-refractivity contribution is -0.133. The van der Waals surface area contributed by atoms with Gasteiger partial charge in [-0.2, -0.15) is 0 Å². The minimum Gasteiger partial charge on any atom is -0.494 e. The van der Waals surface area contributed by atoms with Crippen LogP contribution in [0.3, 0.4) is 0 Å². The molecular formula is C19H27NO3. The van der Waals surface area contributed by atoms with E-state index in [9.17, 15) is 4.79 Å². The highest BCUT2D eigenvalue weighted by atomic mass is 16.5. The van der Waals surface area contributed by atoms with Crippen LogP contribution in [0, 0.1) is 5.92 Å². The lowest BCUT2D eigenvalue weighted by atomic mass is 9.97. The number of carbonyl (C=O) groups excluding carboxylic acids is 1. The molecule has 1 heterocycles. The SMILES string of the molecule is O=C(CCCOc1ccc2c(c1)CCC2)N1CCC(CO)CC1. The smallest absolute Gasteiger partial charge is 0.222 e. The Hall–Kier alpha value is -1.55. The third kappa shape index (κ3) is 4.25. The van der Waals surface area contributed by atoms with E-state index in [0.717, 1.165) is 44.5 Å². The molecule has 0 saturated carbocycles. The first-order valence-corrected chi connectivity index (χ1v) is 8.89. The maximum atomic E-state index is 12.2. The lowest BCUT2D eigenvalue weighted by Gasteiger charge is -2.31. The topological polar surface area (TPSA) is 49.8 Å². The normalized spacial score (nSPS) is 18.0. The molecule has 4 heteroatoms. The van der Waals surface area contributed by atoms with Crippen LogP contribution >= 0.6 is 0 Å². The molecule has 3 rings (SSSR count). The second-order valence-corrected chi connectivity index (χ2v) is 6.74. The Labute approximate surface area is 138 Å². The van der Waals surface area contributed by atoms with Gasteiger partial charge in [-0.05, 0) is 67.7 Å². The van der Waals surface area contributed by atoms with E-state index in [4.69, 9.17) is 9.84 Å². The van der Waals surface area contributed by atoms with Crippen LogP contribution in [-0.2, 0) is 17.6 Å². The van der Waals surface area contributed by atoms with Crippen LogP contribution < -0.4 is 4.74 Å². The molecule has 1 aliphatic heterocycles. The third-order valence-corrected chi connectivity index (χ3v) is 5.10. The van der Waals surface area contributed by atoms with Gasteiger partial charge in [0.05, 0.1) is 6.61 Å². The molecule has 0 unspecified atom stereocenters. The number of amides is 1. The monoisotopic (exact) mass is 317 g/mol. The first kappa shape index (κ1) is 16.3. The van der Waals surface area contributed by atoms with Gasteiger partial charge in [0.1, 0.15) is 5.75 Å². The number of benzene rings is 1. The molecule has 23 heavy (non-hydrogen) atoms. The molecule has 2 aliphatic rings. The molecule has 1 aromatic rings. The van der Waals surface area contributed by atoms with Gasteiger partial charge >= 0.3 is 0 Å². The van der Waals surface area contributed by atoms with Crippen molar-refractivity contribution in [3.8, 4) is 5.75 Å². The molecule has 0 atom stereocenters. The number of nitrogens with zero attached hydrogens (tertiary/aromatic N) is 1. The molecule has 4 nitrogen and oxygen atoms in total. The molecule has 0 aromatic heterocycles. The van der Waals surface area contributed by atoms with E-state index in [1.165, 1.54) is 24.0 Å². The Balaban J connectivity index is 1.36. The molecule has 1 fully saturated rings. The number of likely N-dealkylation sites (tertiary alicyclic amines) is 1. The fourth-order valence-corrected chi connectivity index (χ4v) is 3.57. The van der Waals surface area contributed by atoms with Gasteiger partial charge in [-0.3, -0.25) is 4.79 Å². The fraction of sp³-hybridized carbons (Fsp3) is 0.632. The summed E-state index contributed by atoms with van der Waals surface area (Å²) in [7, 11) is 0. The van der Waals surface area contributed by atoms with Crippen LogP contribution in [0.4, 0.5) is 0 Å². The van der Waals surface area contributed by atoms with E-state index in [1.807, 2.05) is 11.0 Å². The lowest BCUT2D eigenvalue weighted by Crippen LogP contribution is -2.39. The average Bonchev–Trinajstić information content (AvgIpc) is 3.06. The van der Waals surface area contributed by atoms with Gasteiger partial charge in [-0.1, -0.05) is 6.07 Å². The van der Waals surface area contributed by atoms with Crippen molar-refractivity contribution in [1.82, 2.24) is 4.90 Å². The standard InChI is InChI=1S/C19H27NO3/c21-14-15-8-10-20(11-9-15)19(22)5-2-12-23-18-7-6-16-3-1-4-17(16)13-18/h6-7,13,15,21H,1-5,8-12,14H2. The van der Waals surface area contributed by atoms with Gasteiger partial charge in [-0.25, -0.2) is 0 Å². The molecule has 1 saturated heterocycles. The van der Waals surface area contributed by atoms with Gasteiger partial charge in [-0.15, -0.1) is 0 Å². The minimum absolute atomic E-state index is 0.221. The van der Waals surface area contributed by atoms with E-state index >= 15 is 0 Å². The first-order chi connectivity index (χ1) is 11.3. The van der Waals surface area contributed by atoms with Gasteiger partial charge in [0.25, 0.3) is 0 Å². The molecule has 1 aliphatic carbocycles. The van der Waals surface area contributed by atoms with Crippen molar-refractivity contribution in [2.24, 2.45) is 5.92 Å². The van der Waals surface area contributed by atoms with Crippen molar-refractivity contribution in [2.45, 2.75) is 44.9 Å². The average molecular weight is 317 g/mol. The summed E-state index contributed by atoms with van der Waals surface area (Å²) >= 11 is 0. The Morgan fingerprint density at radius 1 is 1.22 bits per heavy atom. The second-order valence-electron chi connectivity index (χ2n) is 6.74. The summed E-state index contributed by atoms with van der Waals surface area (Å²) in [4.78, 5) is 14.1. The first-order valence-electron chi connectivity index (χ1n) is 8.89. The summed E-state index contributed by atoms with van der Waals surface area (Å²) in [6.45, 7) is 2.42. The van der Waals surface area contributed by atoms with E-state index in [-0.39, 0.29) is 12.5 Å². The molecule has 1 amide bonds. The highest BCUT2D eigenvalue weighted by molar-refractivity contribution is 5.76. The number of carbonyl (C=O) groups is 1. The highest BCUT2D eigenvalue weighted by Crippen LogP contribution is 2.26. The zero-order chi connectivity index (χ0) is 16.1. The Morgan fingerprint density at radius 3 is 2.78 bits per heavy atom. The van der Waals surface area contributed by atoms with Crippen molar-refractivity contribution >= 4 is 5.91 Å². The summed E-state index contributed by atoms with van der Waals surface area (Å²) in [5.41, 5.74) is 2.88. The summed E-state index contributed by atoms with van der Waals surface area (Å²) in [5.74, 6) is 1.53. The van der Waals surface area contributed by atoms with Crippen LogP contribution in [0.5, 0.6) is 5.75 Å². The highest BCUT2D eigenvalue weighted by Gasteiger charge is 2.21. The van der Waals surface area contributed by atoms with Crippen LogP contribution in [0.1, 0.15) is 43.2 Å². The predicted octanol–water partition coefficient (Wildman–Crippen LogP) is 2.57. The molecule has 1 N–H and O–H groups in total. The Bertz CT molecular complexity index is 535. The summed E-state index contributed by atoms with van der Waals surface area (Å²) < 4.78 is 5.80. The van der Waals surface area contributed by atoms with Gasteiger partial charge < -0.3 is 14.7 Å². The van der Waals surface area contributed by atoms with Gasteiger partial charge in [0.15, 0.2) is 0 Å². The fourth-order valence-electron chi connectivity index (χ4n) is 3.57. The maximum absolute atomic E-state index is 12.2. The summed E-state index contributed by atoms with van der Waals surface area (Å²) in [6, 6.07) is 6.38. The van der Waals surface area contributed by atoms with Crippen molar-refractivity contribution in [2.75, 3.05) is 26.3 Å². The van der Waals surface area contributed by atoms with E-state index in [0.29, 0.717) is 18.9 Å². The van der Waals surface area contributed by atoms with Crippen LogP contribution in [0.2, 0.25) is 0 Å². The number of aliphatic hydroxyl groups is 1. The number of piperidine rings is 1. The Morgan fingerprint density at radius 2 is 2.00 bits per heavy atom. The second kappa shape index (κ2) is 7.82. The van der Waals surface area contributed by atoms with E-state index in [1.54, 1.807) is 0 Å². The van der Waals surface area contributed by atoms with E-state index < -0.39 is 0 Å². The van der Waals surface area contributed by atoms with E-state index in [2.05, 4.69) is 12.1 Å². The molecule has 126 valence electrons. The number of fused-ring (bicyclic) bond motifs is 1. The molecule has 0 spiro atoms. The minimum atomic E-state index is 0.221. The van der Waals surface area contributed by atoms with Crippen LogP contribution in [0.25, 0.3) is 0 Å². The van der Waals surface area contributed by atoms with Crippen molar-refractivity contribution < 1.29 is 14.6 Å². The maximum Gasteiger partial charge on any atom is 0.222 e. The number of aliphatic hydroxyl groups excluding tert-OH is 1. The number of hydrogen-bond donors (Lipinski definition) is 1. The number of rotatable bonds is 6. The molecule has 0 bridgehead atoms. The molecular weight excluding hydrogens is 290 g/mol. The number of aryl methyl sites for hydroxylation is 2. The van der Waals surface area contributed by atoms with Crippen LogP contribution in [-0.4, -0.2) is 42.2 Å². The van der Waals surface area contributed by atoms with Gasteiger partial charge in [0.2, 0.25) is 5.91 Å². The Kier molecular flexibility index (Phi) is 5.55. The zero-order valence-electron chi connectivity index (χ0n) is 13.8. The van der Waals surface area contributed by atoms with Crippen molar-refractivity contribution in [3.63, 3.8) is 0 Å². The van der Waals surface area contributed by atoms with Crippen molar-refractivity contribution in [3.05, 3.63) is 29.3 Å². The number of hydrogen-bond acceptors (Lipinski definition) is 3. The summed E-state index contributed by atoms with van der Waals surface area (Å²) in [5, 5.41) is 9.14. The summed E-state index contributed by atoms with van der Waals surface area (Å²) in [6.07, 6.45) is 6.76. The van der Waals surface area contributed by atoms with Crippen LogP contribution in [0.15, 0.2) is 18.2 Å².